The number of fused-ring (bicyclic) bond motifs is 2. The van der Waals surface area contributed by atoms with Crippen LogP contribution in [0.2, 0.25) is 0 Å². The standard InChI is InChI=1S/C19H22N6O3S.C14H12N4O2S.C6H14N2O2S/c1-29(27,28)24-4-2-15(3-5-24)22-18-21-11-14-6-13(10-20)17(26)25(16(14)23-18)19-7-12(8-19)9-19;1-21(20)13-16-7-10-2-9(6-15)12(19)18(11(10)17-13)14-3-8(4-14)5-14;1-11(9,10)8-4-2-6(7)3-5-8/h6,11-12,15H,2-5,7-9H2,1H3,(H,21,22,23);2,7-8H,3-5H2,1H3;6H,2-5,7H2,1H3. The maximum absolute atomic E-state index is 12.9. The quantitative estimate of drug-likeness (QED) is 0.248. The summed E-state index contributed by atoms with van der Waals surface area (Å²) in [6.07, 6.45) is 15.9. The predicted molar refractivity (Wildman–Crippen MR) is 227 cm³/mol. The molecule has 0 aromatic carbocycles. The smallest absolute Gasteiger partial charge is 0.270 e. The second-order valence-electron chi connectivity index (χ2n) is 17.5. The molecule has 6 heterocycles. The summed E-state index contributed by atoms with van der Waals surface area (Å²) in [4.78, 5) is 42.9. The van der Waals surface area contributed by atoms with E-state index in [2.05, 4.69) is 25.3 Å². The number of anilines is 1. The number of hydrogen-bond donors (Lipinski definition) is 2. The summed E-state index contributed by atoms with van der Waals surface area (Å²) < 4.78 is 63.2. The van der Waals surface area contributed by atoms with Crippen molar-refractivity contribution >= 4 is 58.9 Å². The van der Waals surface area contributed by atoms with Gasteiger partial charge in [0.1, 0.15) is 34.6 Å². The summed E-state index contributed by atoms with van der Waals surface area (Å²) in [7, 11) is -7.45. The third-order valence-corrected chi connectivity index (χ3v) is 16.5. The first-order valence-electron chi connectivity index (χ1n) is 20.3. The van der Waals surface area contributed by atoms with Crippen LogP contribution >= 0.6 is 0 Å². The number of nitrogens with two attached hydrogens (primary N) is 1. The molecule has 4 bridgehead atoms. The maximum Gasteiger partial charge on any atom is 0.270 e. The zero-order valence-electron chi connectivity index (χ0n) is 34.2. The molecule has 8 aliphatic rings. The minimum atomic E-state index is -3.17. The summed E-state index contributed by atoms with van der Waals surface area (Å²) in [5.41, 5.74) is 5.97. The molecule has 22 heteroatoms. The number of piperidine rings is 2. The molecule has 0 radical (unpaired) electrons. The molecule has 19 nitrogen and oxygen atoms in total. The van der Waals surface area contributed by atoms with E-state index in [1.807, 2.05) is 12.1 Å². The number of aromatic nitrogens is 6. The molecule has 6 saturated carbocycles. The van der Waals surface area contributed by atoms with E-state index in [1.165, 1.54) is 33.4 Å². The highest BCUT2D eigenvalue weighted by atomic mass is 32.2. The number of nitrogens with one attached hydrogen (secondary N) is 1. The van der Waals surface area contributed by atoms with Crippen LogP contribution in [-0.2, 0) is 41.9 Å². The van der Waals surface area contributed by atoms with Gasteiger partial charge in [0.25, 0.3) is 11.1 Å². The highest BCUT2D eigenvalue weighted by Crippen LogP contribution is 2.63. The fraction of sp³-hybridized carbons (Fsp3) is 0.590. The Morgan fingerprint density at radius 1 is 0.738 bits per heavy atom. The van der Waals surface area contributed by atoms with Crippen molar-refractivity contribution in [3.63, 3.8) is 0 Å². The van der Waals surface area contributed by atoms with Gasteiger partial charge in [-0.2, -0.15) is 15.5 Å². The molecule has 1 atom stereocenters. The number of sulfonamides is 2. The van der Waals surface area contributed by atoms with Crippen molar-refractivity contribution in [1.29, 1.82) is 10.5 Å². The Bertz CT molecular complexity index is 2860. The van der Waals surface area contributed by atoms with Gasteiger partial charge in [0, 0.05) is 67.7 Å². The van der Waals surface area contributed by atoms with Crippen LogP contribution in [0.1, 0.15) is 75.3 Å². The van der Waals surface area contributed by atoms with E-state index in [1.54, 1.807) is 27.6 Å². The summed E-state index contributed by atoms with van der Waals surface area (Å²) in [5.74, 6) is 1.81. The summed E-state index contributed by atoms with van der Waals surface area (Å²) in [5, 5.41) is 23.4. The summed E-state index contributed by atoms with van der Waals surface area (Å²) >= 11 is 0. The van der Waals surface area contributed by atoms with Gasteiger partial charge in [-0.05, 0) is 88.2 Å². The van der Waals surface area contributed by atoms with E-state index in [0.717, 1.165) is 51.4 Å². The molecule has 4 aromatic rings. The van der Waals surface area contributed by atoms with Crippen molar-refractivity contribution in [1.82, 2.24) is 37.7 Å². The average molecular weight is 893 g/mol. The third-order valence-electron chi connectivity index (χ3n) is 13.1. The minimum Gasteiger partial charge on any atom is -0.351 e. The van der Waals surface area contributed by atoms with Gasteiger partial charge in [-0.25, -0.2) is 40.4 Å². The molecule has 61 heavy (non-hydrogen) atoms. The molecular weight excluding hydrogens is 845 g/mol. The van der Waals surface area contributed by atoms with E-state index in [-0.39, 0.29) is 50.6 Å². The van der Waals surface area contributed by atoms with Crippen molar-refractivity contribution in [2.24, 2.45) is 17.6 Å². The van der Waals surface area contributed by atoms with Crippen LogP contribution in [0.25, 0.3) is 22.1 Å². The van der Waals surface area contributed by atoms with Crippen molar-refractivity contribution in [2.45, 2.75) is 92.5 Å². The lowest BCUT2D eigenvalue weighted by Gasteiger charge is -2.62. The Balaban J connectivity index is 0.000000140. The number of nitriles is 2. The lowest BCUT2D eigenvalue weighted by atomic mass is 9.49. The number of nitrogens with zero attached hydrogens (tertiary/aromatic N) is 10. The first-order valence-corrected chi connectivity index (χ1v) is 25.5. The molecule has 1 unspecified atom stereocenters. The van der Waals surface area contributed by atoms with Gasteiger partial charge in [0.05, 0.1) is 34.4 Å². The first-order chi connectivity index (χ1) is 28.8. The fourth-order valence-corrected chi connectivity index (χ4v) is 11.7. The molecule has 8 fully saturated rings. The largest absolute Gasteiger partial charge is 0.351 e. The Kier molecular flexibility index (Phi) is 11.2. The molecule has 324 valence electrons. The maximum atomic E-state index is 12.9. The SMILES string of the molecule is CS(=O)(=O)N1CCC(N)CC1.CS(=O)(=O)N1CCC(Nc2ncc3cc(C#N)c(=O)n(C45CC(C4)C5)c3n2)CC1.CS(=O)c1ncc2cc(C#N)c(=O)n(C34CC(C3)C4)c2n1. The van der Waals surface area contributed by atoms with Crippen molar-refractivity contribution in [3.8, 4) is 12.1 Å². The molecular formula is C39H48N12O7S3. The van der Waals surface area contributed by atoms with Gasteiger partial charge < -0.3 is 11.1 Å². The van der Waals surface area contributed by atoms with Crippen LogP contribution in [0.5, 0.6) is 0 Å². The molecule has 4 aromatic heterocycles. The molecule has 2 aliphatic heterocycles. The van der Waals surface area contributed by atoms with Crippen LogP contribution in [0.3, 0.4) is 0 Å². The van der Waals surface area contributed by atoms with E-state index in [4.69, 9.17) is 11.0 Å². The van der Waals surface area contributed by atoms with E-state index >= 15 is 0 Å². The average Bonchev–Trinajstić information content (AvgIpc) is 3.14. The Morgan fingerprint density at radius 2 is 1.16 bits per heavy atom. The normalized spacial score (nSPS) is 26.7. The third kappa shape index (κ3) is 8.09. The van der Waals surface area contributed by atoms with Crippen LogP contribution < -0.4 is 22.2 Å². The predicted octanol–water partition coefficient (Wildman–Crippen LogP) is 1.29. The lowest BCUT2D eigenvalue weighted by molar-refractivity contribution is -0.0885. The second kappa shape index (κ2) is 15.9. The van der Waals surface area contributed by atoms with Gasteiger partial charge in [0.15, 0.2) is 0 Å². The van der Waals surface area contributed by atoms with Crippen molar-refractivity contribution in [2.75, 3.05) is 50.3 Å². The minimum absolute atomic E-state index is 0.0685. The number of pyridine rings is 2. The first kappa shape index (κ1) is 43.0. The van der Waals surface area contributed by atoms with Gasteiger partial charge >= 0.3 is 0 Å². The van der Waals surface area contributed by atoms with Crippen molar-refractivity contribution in [3.05, 3.63) is 56.4 Å². The van der Waals surface area contributed by atoms with Gasteiger partial charge in [-0.15, -0.1) is 0 Å². The number of rotatable bonds is 7. The molecule has 6 aliphatic carbocycles. The Morgan fingerprint density at radius 3 is 1.56 bits per heavy atom. The van der Waals surface area contributed by atoms with E-state index in [9.17, 15) is 35.9 Å². The second-order valence-corrected chi connectivity index (χ2v) is 22.7. The molecule has 3 N–H and O–H groups in total. The van der Waals surface area contributed by atoms with E-state index < -0.39 is 30.8 Å². The van der Waals surface area contributed by atoms with Crippen LogP contribution in [0.15, 0.2) is 39.3 Å². The highest BCUT2D eigenvalue weighted by molar-refractivity contribution is 7.88. The highest BCUT2D eigenvalue weighted by Gasteiger charge is 2.60. The zero-order chi connectivity index (χ0) is 43.6. The van der Waals surface area contributed by atoms with Gasteiger partial charge in [-0.1, -0.05) is 0 Å². The monoisotopic (exact) mass is 892 g/mol. The number of hydrogen-bond acceptors (Lipinski definition) is 15. The summed E-state index contributed by atoms with van der Waals surface area (Å²) in [6.45, 7) is 2.09. The van der Waals surface area contributed by atoms with Crippen LogP contribution in [0, 0.1) is 34.5 Å². The van der Waals surface area contributed by atoms with Gasteiger partial charge in [-0.3, -0.25) is 22.9 Å². The van der Waals surface area contributed by atoms with Gasteiger partial charge in [0.2, 0.25) is 31.2 Å². The molecule has 2 saturated heterocycles. The topological polar surface area (TPSA) is 273 Å². The fourth-order valence-electron chi connectivity index (χ4n) is 9.56. The summed E-state index contributed by atoms with van der Waals surface area (Å²) in [6, 6.07) is 7.29. The van der Waals surface area contributed by atoms with Crippen LogP contribution in [-0.4, -0.2) is 116 Å². The van der Waals surface area contributed by atoms with Crippen molar-refractivity contribution < 1.29 is 21.0 Å². The van der Waals surface area contributed by atoms with Crippen LogP contribution in [0.4, 0.5) is 5.95 Å². The lowest BCUT2D eigenvalue weighted by Crippen LogP contribution is -2.62. The molecule has 0 amide bonds. The molecule has 0 spiro atoms. The Labute approximate surface area is 355 Å². The molecule has 12 rings (SSSR count). The zero-order valence-corrected chi connectivity index (χ0v) is 36.6. The van der Waals surface area contributed by atoms with E-state index in [0.29, 0.717) is 78.9 Å². The Hall–Kier alpha value is -4.71.